The van der Waals surface area contributed by atoms with Crippen molar-refractivity contribution in [3.8, 4) is 0 Å². The van der Waals surface area contributed by atoms with E-state index >= 15 is 0 Å². The molecule has 3 heterocycles. The lowest BCUT2D eigenvalue weighted by Crippen LogP contribution is -2.43. The van der Waals surface area contributed by atoms with Crippen molar-refractivity contribution in [2.45, 2.75) is 4.90 Å². The summed E-state index contributed by atoms with van der Waals surface area (Å²) in [6, 6.07) is 16.7. The molecule has 180 valence electrons. The number of rotatable bonds is 5. The van der Waals surface area contributed by atoms with Crippen LogP contribution < -0.4 is 10.2 Å². The number of aromatic nitrogens is 3. The fourth-order valence-electron chi connectivity index (χ4n) is 3.84. The number of nitrogens with one attached hydrogen (secondary N) is 1. The molecule has 2 aromatic carbocycles. The van der Waals surface area contributed by atoms with Crippen molar-refractivity contribution in [2.24, 2.45) is 0 Å². The number of carbonyl (C=O) groups excluding carboxylic acids is 1. The van der Waals surface area contributed by atoms with E-state index in [2.05, 4.69) is 20.3 Å². The summed E-state index contributed by atoms with van der Waals surface area (Å²) in [5.74, 6) is -0.339. The summed E-state index contributed by atoms with van der Waals surface area (Å²) in [5.41, 5.74) is 1.97. The third-order valence-electron chi connectivity index (χ3n) is 5.52. The van der Waals surface area contributed by atoms with Gasteiger partial charge >= 0.3 is 0 Å². The van der Waals surface area contributed by atoms with E-state index in [1.54, 1.807) is 30.3 Å². The first kappa shape index (κ1) is 24.0. The minimum atomic E-state index is -4.01. The zero-order valence-electron chi connectivity index (χ0n) is 18.6. The van der Waals surface area contributed by atoms with Gasteiger partial charge in [0, 0.05) is 49.0 Å². The summed E-state index contributed by atoms with van der Waals surface area (Å²) in [7, 11) is -4.01. The smallest absolute Gasteiger partial charge is 0.290 e. The number of nitrogens with zero attached hydrogens (tertiary/aromatic N) is 4. The van der Waals surface area contributed by atoms with E-state index in [0.717, 1.165) is 41.3 Å². The van der Waals surface area contributed by atoms with Crippen LogP contribution >= 0.6 is 0 Å². The standard InChI is InChI=1S/C23H21N5O3S.CH2O2/c29-23(21-6-1-2-9-25-21)17-4-3-5-20(14-17)32(30,31)28-22-15-19(8-7-18(22)16-26-28)27-12-10-24-11-13-27;2-1-3/h1-9,14-16,24H,10-13H2;1H,(H,2,3). The summed E-state index contributed by atoms with van der Waals surface area (Å²) < 4.78 is 28.0. The number of carbonyl (C=O) groups is 2. The molecule has 0 amide bonds. The molecule has 11 heteroatoms. The minimum absolute atomic E-state index is 0.00291. The van der Waals surface area contributed by atoms with Crippen LogP contribution in [0.1, 0.15) is 16.1 Å². The number of carboxylic acid groups (broad SMARTS) is 1. The number of hydrogen-bond donors (Lipinski definition) is 2. The van der Waals surface area contributed by atoms with Gasteiger partial charge in [0.25, 0.3) is 16.5 Å². The summed E-state index contributed by atoms with van der Waals surface area (Å²) in [6.45, 7) is 3.22. The Kier molecular flexibility index (Phi) is 7.18. The Hall–Kier alpha value is -4.09. The molecule has 0 aliphatic carbocycles. The number of anilines is 1. The Morgan fingerprint density at radius 1 is 1.03 bits per heavy atom. The topological polar surface area (TPSA) is 134 Å². The van der Waals surface area contributed by atoms with Crippen LogP contribution in [0.3, 0.4) is 0 Å². The van der Waals surface area contributed by atoms with Gasteiger partial charge in [-0.15, -0.1) is 0 Å². The fraction of sp³-hybridized carbons (Fsp3) is 0.167. The zero-order valence-corrected chi connectivity index (χ0v) is 19.4. The highest BCUT2D eigenvalue weighted by atomic mass is 32.2. The van der Waals surface area contributed by atoms with Crippen LogP contribution in [0.2, 0.25) is 0 Å². The number of ketones is 1. The van der Waals surface area contributed by atoms with Crippen LogP contribution in [0.25, 0.3) is 10.9 Å². The number of benzene rings is 2. The van der Waals surface area contributed by atoms with Gasteiger partial charge in [0.15, 0.2) is 0 Å². The van der Waals surface area contributed by atoms with E-state index in [1.165, 1.54) is 24.5 Å². The third kappa shape index (κ3) is 5.05. The van der Waals surface area contributed by atoms with Crippen LogP contribution in [0.4, 0.5) is 5.69 Å². The summed E-state index contributed by atoms with van der Waals surface area (Å²) in [4.78, 5) is 27.4. The molecule has 1 fully saturated rings. The summed E-state index contributed by atoms with van der Waals surface area (Å²) >= 11 is 0. The lowest BCUT2D eigenvalue weighted by molar-refractivity contribution is -0.122. The molecular weight excluding hydrogens is 470 g/mol. The average molecular weight is 494 g/mol. The predicted octanol–water partition coefficient (Wildman–Crippen LogP) is 2.01. The molecule has 0 unspecified atom stereocenters. The van der Waals surface area contributed by atoms with Crippen LogP contribution in [-0.4, -0.2) is 66.1 Å². The Labute approximate surface area is 201 Å². The number of fused-ring (bicyclic) bond motifs is 1. The monoisotopic (exact) mass is 493 g/mol. The van der Waals surface area contributed by atoms with Gasteiger partial charge in [-0.3, -0.25) is 14.6 Å². The second kappa shape index (κ2) is 10.5. The molecule has 4 aromatic rings. The highest BCUT2D eigenvalue weighted by Gasteiger charge is 2.23. The highest BCUT2D eigenvalue weighted by Crippen LogP contribution is 2.26. The maximum atomic E-state index is 13.5. The van der Waals surface area contributed by atoms with Gasteiger partial charge < -0.3 is 15.3 Å². The third-order valence-corrected chi connectivity index (χ3v) is 7.12. The average Bonchev–Trinajstić information content (AvgIpc) is 3.34. The van der Waals surface area contributed by atoms with Crippen molar-refractivity contribution < 1.29 is 23.1 Å². The molecule has 5 rings (SSSR count). The van der Waals surface area contributed by atoms with Gasteiger partial charge in [0.05, 0.1) is 16.6 Å². The van der Waals surface area contributed by atoms with E-state index in [1.807, 2.05) is 18.2 Å². The largest absolute Gasteiger partial charge is 0.483 e. The quantitative estimate of drug-likeness (QED) is 0.316. The van der Waals surface area contributed by atoms with Gasteiger partial charge in [-0.05, 0) is 42.5 Å². The SMILES string of the molecule is O=C(c1cccc(S(=O)(=O)n2ncc3ccc(N4CCNCC4)cc32)c1)c1ccccn1.O=CO. The maximum Gasteiger partial charge on any atom is 0.290 e. The molecule has 2 N–H and O–H groups in total. The molecule has 10 nitrogen and oxygen atoms in total. The van der Waals surface area contributed by atoms with Crippen molar-refractivity contribution in [1.29, 1.82) is 0 Å². The second-order valence-corrected chi connectivity index (χ2v) is 9.42. The minimum Gasteiger partial charge on any atom is -0.483 e. The van der Waals surface area contributed by atoms with Crippen molar-refractivity contribution in [3.05, 3.63) is 84.3 Å². The van der Waals surface area contributed by atoms with Gasteiger partial charge in [0.2, 0.25) is 5.78 Å². The molecule has 2 aromatic heterocycles. The lowest BCUT2D eigenvalue weighted by atomic mass is 10.1. The van der Waals surface area contributed by atoms with Crippen LogP contribution in [0.15, 0.2) is 78.0 Å². The Bertz CT molecular complexity index is 1450. The summed E-state index contributed by atoms with van der Waals surface area (Å²) in [6.07, 6.45) is 3.07. The molecular formula is C24H23N5O5S. The van der Waals surface area contributed by atoms with E-state index in [9.17, 15) is 13.2 Å². The van der Waals surface area contributed by atoms with E-state index in [0.29, 0.717) is 5.52 Å². The molecule has 0 spiro atoms. The first-order valence-corrected chi connectivity index (χ1v) is 12.2. The van der Waals surface area contributed by atoms with Crippen molar-refractivity contribution in [2.75, 3.05) is 31.1 Å². The van der Waals surface area contributed by atoms with Crippen LogP contribution in [0.5, 0.6) is 0 Å². The van der Waals surface area contributed by atoms with Crippen LogP contribution in [-0.2, 0) is 14.8 Å². The molecule has 1 saturated heterocycles. The van der Waals surface area contributed by atoms with Gasteiger partial charge in [-0.2, -0.15) is 17.6 Å². The molecule has 35 heavy (non-hydrogen) atoms. The number of hydrogen-bond acceptors (Lipinski definition) is 8. The fourth-order valence-corrected chi connectivity index (χ4v) is 5.15. The Balaban J connectivity index is 0.000000917. The van der Waals surface area contributed by atoms with E-state index < -0.39 is 10.0 Å². The Morgan fingerprint density at radius 3 is 2.51 bits per heavy atom. The summed E-state index contributed by atoms with van der Waals surface area (Å²) in [5, 5.41) is 15.1. The molecule has 1 aliphatic rings. The van der Waals surface area contributed by atoms with Crippen molar-refractivity contribution in [3.63, 3.8) is 0 Å². The predicted molar refractivity (Wildman–Crippen MR) is 130 cm³/mol. The van der Waals surface area contributed by atoms with Crippen LogP contribution in [0, 0.1) is 0 Å². The molecule has 0 saturated carbocycles. The maximum absolute atomic E-state index is 13.5. The normalized spacial score (nSPS) is 13.7. The van der Waals surface area contributed by atoms with E-state index in [-0.39, 0.29) is 28.4 Å². The van der Waals surface area contributed by atoms with Gasteiger partial charge in [0.1, 0.15) is 5.69 Å². The number of pyridine rings is 1. The first-order valence-electron chi connectivity index (χ1n) is 10.8. The highest BCUT2D eigenvalue weighted by molar-refractivity contribution is 7.90. The van der Waals surface area contributed by atoms with Crippen molar-refractivity contribution in [1.82, 2.24) is 19.5 Å². The lowest BCUT2D eigenvalue weighted by Gasteiger charge is -2.29. The molecule has 0 radical (unpaired) electrons. The second-order valence-electron chi connectivity index (χ2n) is 7.65. The molecule has 1 aliphatic heterocycles. The zero-order chi connectivity index (χ0) is 24.8. The number of piperazine rings is 1. The van der Waals surface area contributed by atoms with Crippen molar-refractivity contribution >= 4 is 38.9 Å². The molecule has 0 bridgehead atoms. The molecule has 0 atom stereocenters. The van der Waals surface area contributed by atoms with E-state index in [4.69, 9.17) is 9.90 Å². The van der Waals surface area contributed by atoms with Gasteiger partial charge in [-0.1, -0.05) is 18.2 Å². The first-order chi connectivity index (χ1) is 17.0. The van der Waals surface area contributed by atoms with Gasteiger partial charge in [-0.25, -0.2) is 0 Å². The Morgan fingerprint density at radius 2 is 1.80 bits per heavy atom.